The van der Waals surface area contributed by atoms with E-state index in [2.05, 4.69) is 69.6 Å². The lowest BCUT2D eigenvalue weighted by molar-refractivity contribution is -0.705. The number of piperidine rings is 1. The molecule has 0 atom stereocenters. The molecule has 0 saturated carbocycles. The van der Waals surface area contributed by atoms with Crippen molar-refractivity contribution < 1.29 is 9.95 Å². The van der Waals surface area contributed by atoms with Crippen molar-refractivity contribution in [1.29, 1.82) is 0 Å². The lowest BCUT2D eigenvalue weighted by Crippen LogP contribution is -2.43. The first-order chi connectivity index (χ1) is 15.9. The zero-order valence-corrected chi connectivity index (χ0v) is 19.9. The Morgan fingerprint density at radius 2 is 1.82 bits per heavy atom. The van der Waals surface area contributed by atoms with E-state index in [1.807, 2.05) is 43.5 Å². The van der Waals surface area contributed by atoms with E-state index >= 15 is 0 Å². The molecule has 174 valence electrons. The number of likely N-dealkylation sites (tertiary alicyclic amines) is 1. The van der Waals surface area contributed by atoms with Crippen LogP contribution in [0.1, 0.15) is 18.4 Å². The molecular weight excluding hydrogens is 412 g/mol. The molecule has 1 aromatic heterocycles. The average molecular weight is 448 g/mol. The third-order valence-electron chi connectivity index (χ3n) is 6.48. The first-order valence-electron chi connectivity index (χ1n) is 11.5. The van der Waals surface area contributed by atoms with Gasteiger partial charge in [0.25, 0.3) is 5.69 Å². The van der Waals surface area contributed by atoms with E-state index in [1.165, 1.54) is 18.4 Å². The number of hydrogen-bond donors (Lipinski definition) is 1. The van der Waals surface area contributed by atoms with Crippen LogP contribution in [0.25, 0.3) is 11.3 Å². The molecule has 4 rings (SSSR count). The summed E-state index contributed by atoms with van der Waals surface area (Å²) < 4.78 is 3.04. The predicted molar refractivity (Wildman–Crippen MR) is 133 cm³/mol. The van der Waals surface area contributed by atoms with Gasteiger partial charge in [-0.1, -0.05) is 36.4 Å². The van der Waals surface area contributed by atoms with Gasteiger partial charge in [-0.05, 0) is 44.6 Å². The molecule has 0 radical (unpaired) electrons. The van der Waals surface area contributed by atoms with E-state index in [9.17, 15) is 5.21 Å². The Hall–Kier alpha value is -3.16. The number of benzene rings is 2. The highest BCUT2D eigenvalue weighted by Crippen LogP contribution is 2.31. The van der Waals surface area contributed by atoms with Gasteiger partial charge < -0.3 is 9.47 Å². The Morgan fingerprint density at radius 3 is 2.48 bits per heavy atom. The Kier molecular flexibility index (Phi) is 7.11. The van der Waals surface area contributed by atoms with Crippen molar-refractivity contribution >= 4 is 18.1 Å². The van der Waals surface area contributed by atoms with Crippen LogP contribution in [-0.2, 0) is 13.2 Å². The lowest BCUT2D eigenvalue weighted by Gasteiger charge is -2.36. The van der Waals surface area contributed by atoms with E-state index < -0.39 is 0 Å². The molecule has 2 aromatic carbocycles. The van der Waals surface area contributed by atoms with Gasteiger partial charge in [0.2, 0.25) is 0 Å². The maximum absolute atomic E-state index is 9.95. The van der Waals surface area contributed by atoms with Crippen LogP contribution < -0.4 is 4.90 Å². The standard InChI is InChI=1S/C26H35N6O/c1-28(2)25-11-10-22(16-26(25)30(4)33)24-18-32(19-27-24)20-29(3)23-12-14-31(15-13-23)17-21-8-6-5-7-9-21/h5-11,16,18-19,23,33H,4,12-15,17,20H2,1-3H3/q+1. The van der Waals surface area contributed by atoms with Crippen molar-refractivity contribution in [3.63, 3.8) is 0 Å². The first kappa shape index (κ1) is 23.0. The first-order valence-corrected chi connectivity index (χ1v) is 11.5. The van der Waals surface area contributed by atoms with E-state index in [1.54, 1.807) is 0 Å². The monoisotopic (exact) mass is 447 g/mol. The zero-order valence-electron chi connectivity index (χ0n) is 19.9. The second-order valence-corrected chi connectivity index (χ2v) is 9.16. The molecule has 1 aliphatic heterocycles. The van der Waals surface area contributed by atoms with Crippen LogP contribution in [0.2, 0.25) is 0 Å². The normalized spacial score (nSPS) is 15.2. The number of hydrogen-bond acceptors (Lipinski definition) is 5. The van der Waals surface area contributed by atoms with Gasteiger partial charge in [-0.2, -0.15) is 0 Å². The van der Waals surface area contributed by atoms with Gasteiger partial charge >= 0.3 is 0 Å². The van der Waals surface area contributed by atoms with E-state index in [4.69, 9.17) is 0 Å². The molecular formula is C26H35N6O+. The summed E-state index contributed by atoms with van der Waals surface area (Å²) in [5, 5.41) is 9.95. The summed E-state index contributed by atoms with van der Waals surface area (Å²) in [6.45, 7) is 7.74. The molecule has 1 fully saturated rings. The van der Waals surface area contributed by atoms with Crippen LogP contribution in [0.3, 0.4) is 0 Å². The van der Waals surface area contributed by atoms with E-state index in [-0.39, 0.29) is 0 Å². The predicted octanol–water partition coefficient (Wildman–Crippen LogP) is 3.90. The molecule has 1 aliphatic rings. The number of aromatic nitrogens is 2. The summed E-state index contributed by atoms with van der Waals surface area (Å²) in [4.78, 5) is 11.5. The van der Waals surface area contributed by atoms with Crippen LogP contribution in [-0.4, -0.2) is 76.3 Å². The maximum Gasteiger partial charge on any atom is 0.280 e. The largest absolute Gasteiger partial charge is 0.372 e. The Balaban J connectivity index is 1.35. The molecule has 0 bridgehead atoms. The molecule has 7 heteroatoms. The quantitative estimate of drug-likeness (QED) is 0.246. The van der Waals surface area contributed by atoms with Crippen molar-refractivity contribution in [3.8, 4) is 11.3 Å². The summed E-state index contributed by atoms with van der Waals surface area (Å²) in [7, 11) is 6.09. The van der Waals surface area contributed by atoms with Crippen LogP contribution in [0.15, 0.2) is 61.1 Å². The SMILES string of the molecule is C=[N+](O)c1cc(-c2cn(CN(C)C3CCN(Cc4ccccc4)CC3)cn2)ccc1N(C)C. The highest BCUT2D eigenvalue weighted by molar-refractivity contribution is 5.72. The second kappa shape index (κ2) is 10.2. The summed E-state index contributed by atoms with van der Waals surface area (Å²) in [6.07, 6.45) is 6.31. The minimum atomic E-state index is 0.572. The molecule has 7 nitrogen and oxygen atoms in total. The fourth-order valence-corrected chi connectivity index (χ4v) is 4.59. The molecule has 0 unspecified atom stereocenters. The second-order valence-electron chi connectivity index (χ2n) is 9.16. The topological polar surface area (TPSA) is 50.8 Å². The molecule has 3 aromatic rings. The summed E-state index contributed by atoms with van der Waals surface area (Å²) in [5.74, 6) is 0. The van der Waals surface area contributed by atoms with Gasteiger partial charge in [-0.15, -0.1) is 0 Å². The van der Waals surface area contributed by atoms with Crippen LogP contribution in [0, 0.1) is 0 Å². The van der Waals surface area contributed by atoms with Crippen molar-refractivity contribution in [2.24, 2.45) is 0 Å². The van der Waals surface area contributed by atoms with Gasteiger partial charge in [-0.25, -0.2) is 4.98 Å². The molecule has 33 heavy (non-hydrogen) atoms. The minimum Gasteiger partial charge on any atom is -0.372 e. The Labute approximate surface area is 196 Å². The van der Waals surface area contributed by atoms with Gasteiger partial charge in [0, 0.05) is 49.2 Å². The minimum absolute atomic E-state index is 0.572. The molecule has 0 amide bonds. The molecule has 2 heterocycles. The Morgan fingerprint density at radius 1 is 1.09 bits per heavy atom. The fourth-order valence-electron chi connectivity index (χ4n) is 4.59. The van der Waals surface area contributed by atoms with Crippen LogP contribution in [0.4, 0.5) is 11.4 Å². The lowest BCUT2D eigenvalue weighted by atomic mass is 10.0. The van der Waals surface area contributed by atoms with Crippen molar-refractivity contribution in [2.75, 3.05) is 39.1 Å². The average Bonchev–Trinajstić information content (AvgIpc) is 3.28. The number of anilines is 1. The van der Waals surface area contributed by atoms with Gasteiger partial charge in [0.1, 0.15) is 5.69 Å². The fraction of sp³-hybridized carbons (Fsp3) is 0.385. The van der Waals surface area contributed by atoms with Crippen molar-refractivity contribution in [2.45, 2.75) is 32.1 Å². The van der Waals surface area contributed by atoms with Crippen molar-refractivity contribution in [3.05, 3.63) is 66.6 Å². The molecule has 0 aliphatic carbocycles. The molecule has 1 saturated heterocycles. The number of nitrogens with zero attached hydrogens (tertiary/aromatic N) is 6. The zero-order chi connectivity index (χ0) is 23.4. The third-order valence-corrected chi connectivity index (χ3v) is 6.48. The van der Waals surface area contributed by atoms with E-state index in [0.29, 0.717) is 11.7 Å². The third kappa shape index (κ3) is 5.61. The van der Waals surface area contributed by atoms with Crippen molar-refractivity contribution in [1.82, 2.24) is 19.4 Å². The molecule has 1 N–H and O–H groups in total. The smallest absolute Gasteiger partial charge is 0.280 e. The molecule has 0 spiro atoms. The van der Waals surface area contributed by atoms with Gasteiger partial charge in [0.15, 0.2) is 6.72 Å². The maximum atomic E-state index is 9.95. The van der Waals surface area contributed by atoms with Gasteiger partial charge in [-0.3, -0.25) is 15.0 Å². The van der Waals surface area contributed by atoms with Crippen LogP contribution >= 0.6 is 0 Å². The van der Waals surface area contributed by atoms with E-state index in [0.717, 1.165) is 48.0 Å². The van der Waals surface area contributed by atoms with Gasteiger partial charge in [0.05, 0.1) is 18.7 Å². The summed E-state index contributed by atoms with van der Waals surface area (Å²) in [6, 6.07) is 17.2. The summed E-state index contributed by atoms with van der Waals surface area (Å²) >= 11 is 0. The highest BCUT2D eigenvalue weighted by atomic mass is 16.5. The highest BCUT2D eigenvalue weighted by Gasteiger charge is 2.23. The van der Waals surface area contributed by atoms with Crippen LogP contribution in [0.5, 0.6) is 0 Å². The number of imidazole rings is 1. The Bertz CT molecular complexity index is 1070. The number of rotatable bonds is 8. The summed E-state index contributed by atoms with van der Waals surface area (Å²) in [5.41, 5.74) is 4.77.